The van der Waals surface area contributed by atoms with Crippen molar-refractivity contribution in [2.75, 3.05) is 31.5 Å². The number of primary amides is 1. The summed E-state index contributed by atoms with van der Waals surface area (Å²) in [5.74, 6) is 1.83. The Morgan fingerprint density at radius 2 is 1.82 bits per heavy atom. The first-order valence-electron chi connectivity index (χ1n) is 8.66. The van der Waals surface area contributed by atoms with Crippen LogP contribution in [0.15, 0.2) is 42.5 Å². The van der Waals surface area contributed by atoms with E-state index in [1.165, 1.54) is 0 Å². The maximum Gasteiger partial charge on any atom is 0.312 e. The van der Waals surface area contributed by atoms with Crippen molar-refractivity contribution in [1.29, 1.82) is 0 Å². The Morgan fingerprint density at radius 3 is 2.39 bits per heavy atom. The summed E-state index contributed by atoms with van der Waals surface area (Å²) >= 11 is 1.59. The number of nitrogens with two attached hydrogens (primary N) is 1. The van der Waals surface area contributed by atoms with Crippen molar-refractivity contribution >= 4 is 29.4 Å². The molecule has 0 aliphatic rings. The van der Waals surface area contributed by atoms with E-state index in [0.717, 1.165) is 22.6 Å². The van der Waals surface area contributed by atoms with E-state index in [9.17, 15) is 9.59 Å². The molecule has 1 atom stereocenters. The molecule has 28 heavy (non-hydrogen) atoms. The number of thioether (sulfide) groups is 1. The monoisotopic (exact) mass is 403 g/mol. The lowest BCUT2D eigenvalue weighted by molar-refractivity contribution is -0.117. The van der Waals surface area contributed by atoms with Crippen molar-refractivity contribution in [3.8, 4) is 22.6 Å². The lowest BCUT2D eigenvalue weighted by Crippen LogP contribution is -2.46. The van der Waals surface area contributed by atoms with Crippen LogP contribution in [0.1, 0.15) is 6.42 Å². The van der Waals surface area contributed by atoms with Crippen LogP contribution in [0, 0.1) is 0 Å². The summed E-state index contributed by atoms with van der Waals surface area (Å²) in [6.07, 6.45) is 2.42. The first-order valence-corrected chi connectivity index (χ1v) is 10.1. The number of rotatable bonds is 9. The Balaban J connectivity index is 2.25. The third-order valence-electron chi connectivity index (χ3n) is 4.11. The highest BCUT2D eigenvalue weighted by molar-refractivity contribution is 7.98. The molecule has 0 aromatic heterocycles. The molecule has 150 valence electrons. The number of carbonyl (C=O) groups excluding carboxylic acids is 2. The fourth-order valence-electron chi connectivity index (χ4n) is 2.69. The van der Waals surface area contributed by atoms with Crippen LogP contribution >= 0.6 is 11.8 Å². The van der Waals surface area contributed by atoms with Crippen molar-refractivity contribution in [2.24, 2.45) is 5.73 Å². The molecule has 0 radical (unpaired) electrons. The maximum absolute atomic E-state index is 12.6. The molecule has 0 aliphatic heterocycles. The SMILES string of the molecule is COc1ccc(-c2cc(NC(=O)[C@H](CCSC)NC(N)=O)ccc2OC)cc1. The molecule has 4 N–H and O–H groups in total. The van der Waals surface area contributed by atoms with Crippen molar-refractivity contribution in [2.45, 2.75) is 12.5 Å². The highest BCUT2D eigenvalue weighted by atomic mass is 32.2. The van der Waals surface area contributed by atoms with Gasteiger partial charge in [0.25, 0.3) is 0 Å². The molecule has 0 fully saturated rings. The minimum atomic E-state index is -0.727. The van der Waals surface area contributed by atoms with Crippen molar-refractivity contribution in [3.63, 3.8) is 0 Å². The number of urea groups is 1. The van der Waals surface area contributed by atoms with E-state index in [1.54, 1.807) is 38.1 Å². The third kappa shape index (κ3) is 5.82. The summed E-state index contributed by atoms with van der Waals surface area (Å²) in [7, 11) is 3.20. The van der Waals surface area contributed by atoms with Gasteiger partial charge in [0, 0.05) is 11.3 Å². The normalized spacial score (nSPS) is 11.4. The van der Waals surface area contributed by atoms with Crippen molar-refractivity contribution in [3.05, 3.63) is 42.5 Å². The number of carbonyl (C=O) groups is 2. The molecule has 0 saturated heterocycles. The number of ether oxygens (including phenoxy) is 2. The summed E-state index contributed by atoms with van der Waals surface area (Å²) in [6.45, 7) is 0. The minimum absolute atomic E-state index is 0.321. The molecule has 2 rings (SSSR count). The highest BCUT2D eigenvalue weighted by Crippen LogP contribution is 2.33. The fraction of sp³-hybridized carbons (Fsp3) is 0.300. The summed E-state index contributed by atoms with van der Waals surface area (Å²) in [4.78, 5) is 23.8. The van der Waals surface area contributed by atoms with Gasteiger partial charge in [-0.15, -0.1) is 0 Å². The van der Waals surface area contributed by atoms with E-state index >= 15 is 0 Å². The molecule has 0 aliphatic carbocycles. The first kappa shape index (κ1) is 21.4. The Bertz CT molecular complexity index is 812. The van der Waals surface area contributed by atoms with Gasteiger partial charge < -0.3 is 25.8 Å². The predicted octanol–water partition coefficient (Wildman–Crippen LogP) is 3.10. The minimum Gasteiger partial charge on any atom is -0.497 e. The number of hydrogen-bond donors (Lipinski definition) is 3. The van der Waals surface area contributed by atoms with Gasteiger partial charge in [-0.3, -0.25) is 4.79 Å². The molecule has 0 bridgehead atoms. The van der Waals surface area contributed by atoms with Gasteiger partial charge in [-0.05, 0) is 54.3 Å². The van der Waals surface area contributed by atoms with Gasteiger partial charge in [0.05, 0.1) is 14.2 Å². The predicted molar refractivity (Wildman–Crippen MR) is 113 cm³/mol. The van der Waals surface area contributed by atoms with E-state index in [0.29, 0.717) is 17.9 Å². The Labute approximate surface area is 169 Å². The number of nitrogens with one attached hydrogen (secondary N) is 2. The number of methoxy groups -OCH3 is 2. The second-order valence-electron chi connectivity index (χ2n) is 5.98. The molecule has 2 aromatic rings. The summed E-state index contributed by atoms with van der Waals surface area (Å²) < 4.78 is 10.6. The Morgan fingerprint density at radius 1 is 1.11 bits per heavy atom. The van der Waals surface area contributed by atoms with E-state index < -0.39 is 12.1 Å². The molecule has 0 heterocycles. The van der Waals surface area contributed by atoms with Crippen LogP contribution in [-0.2, 0) is 4.79 Å². The quantitative estimate of drug-likeness (QED) is 0.597. The largest absolute Gasteiger partial charge is 0.497 e. The molecule has 0 spiro atoms. The average Bonchev–Trinajstić information content (AvgIpc) is 2.70. The summed E-state index contributed by atoms with van der Waals surface area (Å²) in [5, 5.41) is 5.33. The van der Waals surface area contributed by atoms with Crippen LogP contribution in [0.5, 0.6) is 11.5 Å². The highest BCUT2D eigenvalue weighted by Gasteiger charge is 2.20. The van der Waals surface area contributed by atoms with Gasteiger partial charge in [-0.2, -0.15) is 11.8 Å². The van der Waals surface area contributed by atoms with Crippen LogP contribution < -0.4 is 25.8 Å². The lowest BCUT2D eigenvalue weighted by Gasteiger charge is -2.18. The summed E-state index contributed by atoms with van der Waals surface area (Å²) in [5.41, 5.74) is 7.53. The van der Waals surface area contributed by atoms with E-state index in [-0.39, 0.29) is 5.91 Å². The molecule has 2 aromatic carbocycles. The second-order valence-corrected chi connectivity index (χ2v) is 6.96. The van der Waals surface area contributed by atoms with E-state index in [2.05, 4.69) is 10.6 Å². The average molecular weight is 404 g/mol. The number of benzene rings is 2. The molecular formula is C20H25N3O4S. The lowest BCUT2D eigenvalue weighted by atomic mass is 10.0. The molecule has 8 heteroatoms. The smallest absolute Gasteiger partial charge is 0.312 e. The first-order chi connectivity index (χ1) is 13.5. The Hall–Kier alpha value is -2.87. The topological polar surface area (TPSA) is 103 Å². The van der Waals surface area contributed by atoms with Crippen LogP contribution in [0.3, 0.4) is 0 Å². The summed E-state index contributed by atoms with van der Waals surface area (Å²) in [6, 6.07) is 11.5. The number of hydrogen-bond acceptors (Lipinski definition) is 5. The zero-order valence-corrected chi connectivity index (χ0v) is 17.0. The van der Waals surface area contributed by atoms with Crippen molar-refractivity contribution in [1.82, 2.24) is 5.32 Å². The van der Waals surface area contributed by atoms with E-state index in [1.807, 2.05) is 36.6 Å². The molecular weight excluding hydrogens is 378 g/mol. The van der Waals surface area contributed by atoms with Crippen LogP contribution in [0.4, 0.5) is 10.5 Å². The van der Waals surface area contributed by atoms with Gasteiger partial charge in [0.1, 0.15) is 17.5 Å². The van der Waals surface area contributed by atoms with E-state index in [4.69, 9.17) is 15.2 Å². The zero-order valence-electron chi connectivity index (χ0n) is 16.2. The number of amides is 3. The molecule has 3 amide bonds. The second kappa shape index (κ2) is 10.5. The zero-order chi connectivity index (χ0) is 20.5. The third-order valence-corrected chi connectivity index (χ3v) is 4.76. The van der Waals surface area contributed by atoms with Gasteiger partial charge in [0.15, 0.2) is 0 Å². The van der Waals surface area contributed by atoms with Gasteiger partial charge in [-0.25, -0.2) is 4.79 Å². The van der Waals surface area contributed by atoms with Gasteiger partial charge >= 0.3 is 6.03 Å². The maximum atomic E-state index is 12.6. The van der Waals surface area contributed by atoms with Crippen LogP contribution in [0.25, 0.3) is 11.1 Å². The van der Waals surface area contributed by atoms with Crippen LogP contribution in [-0.4, -0.2) is 44.2 Å². The molecule has 0 unspecified atom stereocenters. The van der Waals surface area contributed by atoms with Crippen molar-refractivity contribution < 1.29 is 19.1 Å². The van der Waals surface area contributed by atoms with Gasteiger partial charge in [-0.1, -0.05) is 12.1 Å². The van der Waals surface area contributed by atoms with Gasteiger partial charge in [0.2, 0.25) is 5.91 Å². The molecule has 7 nitrogen and oxygen atoms in total. The molecule has 0 saturated carbocycles. The fourth-order valence-corrected chi connectivity index (χ4v) is 3.16. The number of anilines is 1. The van der Waals surface area contributed by atoms with Crippen LogP contribution in [0.2, 0.25) is 0 Å². The Kier molecular flexibility index (Phi) is 8.01. The standard InChI is InChI=1S/C20H25N3O4S/c1-26-15-7-4-13(5-8-15)16-12-14(6-9-18(16)27-2)22-19(24)17(10-11-28-3)23-20(21)25/h4-9,12,17H,10-11H2,1-3H3,(H,22,24)(H3,21,23,25)/t17-/m0/s1.